The first-order valence-corrected chi connectivity index (χ1v) is 13.3. The number of Topliss-reactive ketones (excluding diaryl/α,β-unsaturated/α-hetero) is 1. The monoisotopic (exact) mass is 516 g/mol. The van der Waals surface area contributed by atoms with Crippen LogP contribution in [0.3, 0.4) is 0 Å². The second kappa shape index (κ2) is 10.9. The van der Waals surface area contributed by atoms with Crippen molar-refractivity contribution in [3.63, 3.8) is 0 Å². The molecule has 2 heterocycles. The van der Waals surface area contributed by atoms with E-state index in [4.69, 9.17) is 4.74 Å². The van der Waals surface area contributed by atoms with Crippen LogP contribution in [0.4, 0.5) is 4.39 Å². The number of ketones is 1. The number of methoxy groups -OCH3 is 1. The second-order valence-corrected chi connectivity index (χ2v) is 10.8. The number of aliphatic hydroxyl groups is 1. The summed E-state index contributed by atoms with van der Waals surface area (Å²) in [5.41, 5.74) is 0.545. The first kappa shape index (κ1) is 26.0. The Morgan fingerprint density at radius 1 is 1.03 bits per heavy atom. The van der Waals surface area contributed by atoms with E-state index >= 15 is 0 Å². The molecule has 1 atom stereocenters. The Kier molecular flexibility index (Phi) is 7.87. The van der Waals surface area contributed by atoms with Crippen LogP contribution < -0.4 is 0 Å². The third-order valence-electron chi connectivity index (χ3n) is 6.55. The van der Waals surface area contributed by atoms with Crippen molar-refractivity contribution in [2.75, 3.05) is 33.4 Å². The third kappa shape index (κ3) is 5.07. The fraction of sp³-hybridized carbons (Fsp3) is 0.385. The van der Waals surface area contributed by atoms with Gasteiger partial charge in [0.15, 0.2) is 0 Å². The largest absolute Gasteiger partial charge is 0.507 e. The summed E-state index contributed by atoms with van der Waals surface area (Å²) >= 11 is 0. The summed E-state index contributed by atoms with van der Waals surface area (Å²) in [5, 5.41) is 11.1. The van der Waals surface area contributed by atoms with E-state index < -0.39 is 39.3 Å². The van der Waals surface area contributed by atoms with Gasteiger partial charge >= 0.3 is 0 Å². The predicted molar refractivity (Wildman–Crippen MR) is 131 cm³/mol. The van der Waals surface area contributed by atoms with Crippen molar-refractivity contribution < 1.29 is 32.2 Å². The van der Waals surface area contributed by atoms with Crippen molar-refractivity contribution >= 4 is 27.5 Å². The highest BCUT2D eigenvalue weighted by Gasteiger charge is 2.45. The van der Waals surface area contributed by atoms with Crippen LogP contribution in [0.25, 0.3) is 5.76 Å². The van der Waals surface area contributed by atoms with Gasteiger partial charge in [0, 0.05) is 38.9 Å². The summed E-state index contributed by atoms with van der Waals surface area (Å²) in [7, 11) is -2.14. The Morgan fingerprint density at radius 3 is 2.28 bits per heavy atom. The van der Waals surface area contributed by atoms with E-state index in [1.165, 1.54) is 64.8 Å². The topological polar surface area (TPSA) is 104 Å². The average Bonchev–Trinajstić information content (AvgIpc) is 3.14. The van der Waals surface area contributed by atoms with Crippen LogP contribution in [0.2, 0.25) is 0 Å². The molecule has 192 valence electrons. The van der Waals surface area contributed by atoms with Gasteiger partial charge in [-0.3, -0.25) is 9.59 Å². The molecule has 0 spiro atoms. The van der Waals surface area contributed by atoms with Gasteiger partial charge in [-0.25, -0.2) is 12.8 Å². The van der Waals surface area contributed by atoms with Gasteiger partial charge in [0.1, 0.15) is 11.6 Å². The molecule has 0 saturated carbocycles. The van der Waals surface area contributed by atoms with Crippen molar-refractivity contribution in [3.8, 4) is 0 Å². The van der Waals surface area contributed by atoms with E-state index in [0.717, 1.165) is 19.3 Å². The van der Waals surface area contributed by atoms with Gasteiger partial charge in [-0.2, -0.15) is 4.31 Å². The van der Waals surface area contributed by atoms with E-state index in [1.807, 2.05) is 0 Å². The predicted octanol–water partition coefficient (Wildman–Crippen LogP) is 3.46. The number of hydrogen-bond donors (Lipinski definition) is 1. The average molecular weight is 517 g/mol. The Bertz CT molecular complexity index is 1250. The molecule has 0 radical (unpaired) electrons. The molecule has 10 heteroatoms. The van der Waals surface area contributed by atoms with Gasteiger partial charge in [-0.05, 0) is 61.2 Å². The van der Waals surface area contributed by atoms with E-state index in [1.54, 1.807) is 0 Å². The maximum absolute atomic E-state index is 13.6. The number of aliphatic hydroxyl groups excluding tert-OH is 1. The van der Waals surface area contributed by atoms with Gasteiger partial charge in [0.2, 0.25) is 10.0 Å². The molecule has 2 fully saturated rings. The first-order chi connectivity index (χ1) is 17.3. The maximum Gasteiger partial charge on any atom is 0.295 e. The zero-order valence-corrected chi connectivity index (χ0v) is 20.8. The van der Waals surface area contributed by atoms with Crippen LogP contribution in [0.5, 0.6) is 0 Å². The zero-order chi connectivity index (χ0) is 25.9. The summed E-state index contributed by atoms with van der Waals surface area (Å²) in [6.07, 6.45) is 3.08. The molecule has 2 aliphatic rings. The van der Waals surface area contributed by atoms with E-state index in [-0.39, 0.29) is 22.6 Å². The molecule has 2 saturated heterocycles. The fourth-order valence-corrected chi connectivity index (χ4v) is 6.19. The molecule has 0 aliphatic carbocycles. The van der Waals surface area contributed by atoms with Crippen molar-refractivity contribution in [2.24, 2.45) is 0 Å². The van der Waals surface area contributed by atoms with Crippen molar-refractivity contribution in [3.05, 3.63) is 71.0 Å². The quantitative estimate of drug-likeness (QED) is 0.249. The number of hydrogen-bond acceptors (Lipinski definition) is 6. The standard InChI is InChI=1S/C26H29FN2O6S/c1-35-17-5-16-29-23(18-6-10-20(27)11-7-18)22(25(31)26(29)32)24(30)19-8-12-21(13-9-19)36(33,34)28-14-3-2-4-15-28/h6-13,23,30H,2-5,14-17H2,1H3/b24-22+/t23-/m0/s1. The lowest BCUT2D eigenvalue weighted by Crippen LogP contribution is -2.35. The molecule has 0 unspecified atom stereocenters. The number of nitrogens with zero attached hydrogens (tertiary/aromatic N) is 2. The fourth-order valence-electron chi connectivity index (χ4n) is 4.68. The van der Waals surface area contributed by atoms with E-state index in [9.17, 15) is 27.5 Å². The Hall–Kier alpha value is -3.08. The lowest BCUT2D eigenvalue weighted by molar-refractivity contribution is -0.140. The summed E-state index contributed by atoms with van der Waals surface area (Å²) in [6.45, 7) is 1.50. The minimum Gasteiger partial charge on any atom is -0.507 e. The molecule has 2 aromatic carbocycles. The Morgan fingerprint density at radius 2 is 1.67 bits per heavy atom. The number of likely N-dealkylation sites (tertiary alicyclic amines) is 1. The van der Waals surface area contributed by atoms with Crippen LogP contribution in [0.1, 0.15) is 42.9 Å². The number of sulfonamides is 1. The van der Waals surface area contributed by atoms with E-state index in [0.29, 0.717) is 31.7 Å². The normalized spacial score (nSPS) is 20.7. The van der Waals surface area contributed by atoms with Crippen LogP contribution in [-0.4, -0.2) is 67.8 Å². The van der Waals surface area contributed by atoms with Crippen LogP contribution in [0, 0.1) is 5.82 Å². The molecule has 1 N–H and O–H groups in total. The molecule has 2 aromatic rings. The molecular weight excluding hydrogens is 487 g/mol. The highest BCUT2D eigenvalue weighted by atomic mass is 32.2. The van der Waals surface area contributed by atoms with Crippen LogP contribution in [-0.2, 0) is 24.3 Å². The number of benzene rings is 2. The summed E-state index contributed by atoms with van der Waals surface area (Å²) in [6, 6.07) is 10.1. The number of piperidine rings is 1. The van der Waals surface area contributed by atoms with Crippen LogP contribution in [0.15, 0.2) is 59.0 Å². The maximum atomic E-state index is 13.6. The second-order valence-electron chi connectivity index (χ2n) is 8.88. The first-order valence-electron chi connectivity index (χ1n) is 11.9. The Labute approximate surface area is 210 Å². The number of rotatable bonds is 8. The highest BCUT2D eigenvalue weighted by molar-refractivity contribution is 7.89. The van der Waals surface area contributed by atoms with Gasteiger partial charge < -0.3 is 14.7 Å². The third-order valence-corrected chi connectivity index (χ3v) is 8.47. The summed E-state index contributed by atoms with van der Waals surface area (Å²) in [5.74, 6) is -2.52. The van der Waals surface area contributed by atoms with Crippen molar-refractivity contribution in [2.45, 2.75) is 36.6 Å². The minimum absolute atomic E-state index is 0.0936. The lowest BCUT2D eigenvalue weighted by atomic mass is 9.95. The Balaban J connectivity index is 1.71. The molecular formula is C26H29FN2O6S. The molecule has 2 aliphatic heterocycles. The molecule has 1 amide bonds. The van der Waals surface area contributed by atoms with Crippen molar-refractivity contribution in [1.29, 1.82) is 0 Å². The smallest absolute Gasteiger partial charge is 0.295 e. The molecule has 4 rings (SSSR count). The summed E-state index contributed by atoms with van der Waals surface area (Å²) < 4.78 is 46.0. The number of halogens is 1. The molecule has 36 heavy (non-hydrogen) atoms. The van der Waals surface area contributed by atoms with Gasteiger partial charge in [-0.15, -0.1) is 0 Å². The van der Waals surface area contributed by atoms with E-state index in [2.05, 4.69) is 0 Å². The minimum atomic E-state index is -3.66. The zero-order valence-electron chi connectivity index (χ0n) is 20.0. The lowest BCUT2D eigenvalue weighted by Gasteiger charge is -2.26. The molecule has 0 aromatic heterocycles. The van der Waals surface area contributed by atoms with Crippen molar-refractivity contribution in [1.82, 2.24) is 9.21 Å². The number of ether oxygens (including phenoxy) is 1. The van der Waals surface area contributed by atoms with Gasteiger partial charge in [0.25, 0.3) is 11.7 Å². The number of carbonyl (C=O) groups is 2. The molecule has 0 bridgehead atoms. The number of amides is 1. The van der Waals surface area contributed by atoms with Crippen LogP contribution >= 0.6 is 0 Å². The van der Waals surface area contributed by atoms with Gasteiger partial charge in [0.05, 0.1) is 16.5 Å². The summed E-state index contributed by atoms with van der Waals surface area (Å²) in [4.78, 5) is 27.4. The van der Waals surface area contributed by atoms with Gasteiger partial charge in [-0.1, -0.05) is 18.6 Å². The highest BCUT2D eigenvalue weighted by Crippen LogP contribution is 2.39. The SMILES string of the molecule is COCCCN1C(=O)C(=O)/C(=C(/O)c2ccc(S(=O)(=O)N3CCCCC3)cc2)[C@@H]1c1ccc(F)cc1. The number of carbonyl (C=O) groups excluding carboxylic acids is 2. The molecule has 8 nitrogen and oxygen atoms in total.